The Labute approximate surface area is 195 Å². The SMILES string of the molecule is O=C(Nc1cccc(-c2nn3cc(F)ccc3c2-c2ccnc(Cl)n2)c1)c1c(F)cccc1F. The Morgan fingerprint density at radius 1 is 0.971 bits per heavy atom. The van der Waals surface area contributed by atoms with E-state index in [1.165, 1.54) is 29.0 Å². The van der Waals surface area contributed by atoms with E-state index in [1.807, 2.05) is 0 Å². The predicted molar refractivity (Wildman–Crippen MR) is 121 cm³/mol. The third-order valence-electron chi connectivity index (χ3n) is 5.06. The maximum Gasteiger partial charge on any atom is 0.261 e. The van der Waals surface area contributed by atoms with Crippen molar-refractivity contribution in [3.63, 3.8) is 0 Å². The van der Waals surface area contributed by atoms with Gasteiger partial charge in [0.15, 0.2) is 0 Å². The van der Waals surface area contributed by atoms with Gasteiger partial charge in [0.2, 0.25) is 5.28 Å². The molecule has 0 bridgehead atoms. The molecule has 1 amide bonds. The van der Waals surface area contributed by atoms with Gasteiger partial charge < -0.3 is 5.32 Å². The first-order valence-electron chi connectivity index (χ1n) is 9.93. The van der Waals surface area contributed by atoms with E-state index < -0.39 is 28.9 Å². The van der Waals surface area contributed by atoms with Crippen molar-refractivity contribution >= 4 is 28.7 Å². The standard InChI is InChI=1S/C24H13ClF3N5O/c25-24-29-10-9-18(31-24)21-19-8-7-14(26)12-33(19)32-22(21)13-3-1-4-15(11-13)30-23(34)20-16(27)5-2-6-17(20)28/h1-12H,(H,30,34). The molecule has 0 unspecified atom stereocenters. The zero-order valence-electron chi connectivity index (χ0n) is 17.1. The average Bonchev–Trinajstić information content (AvgIpc) is 3.18. The van der Waals surface area contributed by atoms with E-state index in [4.69, 9.17) is 11.6 Å². The number of benzene rings is 2. The first kappa shape index (κ1) is 21.6. The number of nitrogens with one attached hydrogen (secondary N) is 1. The van der Waals surface area contributed by atoms with Crippen LogP contribution in [0.2, 0.25) is 5.28 Å². The molecule has 0 aliphatic carbocycles. The molecular weight excluding hydrogens is 467 g/mol. The second-order valence-corrected chi connectivity index (χ2v) is 7.58. The van der Waals surface area contributed by atoms with E-state index in [9.17, 15) is 18.0 Å². The van der Waals surface area contributed by atoms with Crippen molar-refractivity contribution in [3.8, 4) is 22.5 Å². The molecule has 1 N–H and O–H groups in total. The molecular formula is C24H13ClF3N5O. The van der Waals surface area contributed by atoms with Crippen LogP contribution < -0.4 is 5.32 Å². The highest BCUT2D eigenvalue weighted by molar-refractivity contribution is 6.28. The van der Waals surface area contributed by atoms with Crippen LogP contribution in [0.3, 0.4) is 0 Å². The number of pyridine rings is 1. The first-order chi connectivity index (χ1) is 16.4. The number of aromatic nitrogens is 4. The van der Waals surface area contributed by atoms with Crippen molar-refractivity contribution < 1.29 is 18.0 Å². The fourth-order valence-corrected chi connectivity index (χ4v) is 3.75. The summed E-state index contributed by atoms with van der Waals surface area (Å²) in [4.78, 5) is 20.7. The quantitative estimate of drug-likeness (QED) is 0.332. The highest BCUT2D eigenvalue weighted by Gasteiger charge is 2.20. The van der Waals surface area contributed by atoms with Gasteiger partial charge in [-0.3, -0.25) is 4.79 Å². The zero-order valence-corrected chi connectivity index (χ0v) is 17.9. The summed E-state index contributed by atoms with van der Waals surface area (Å²) in [5.74, 6) is -3.37. The maximum absolute atomic E-state index is 14.0. The summed E-state index contributed by atoms with van der Waals surface area (Å²) in [5, 5.41) is 7.02. The lowest BCUT2D eigenvalue weighted by Gasteiger charge is -2.09. The van der Waals surface area contributed by atoms with Crippen LogP contribution in [-0.2, 0) is 0 Å². The summed E-state index contributed by atoms with van der Waals surface area (Å²) in [5.41, 5.74) is 2.14. The molecule has 6 nitrogen and oxygen atoms in total. The number of hydrogen-bond acceptors (Lipinski definition) is 4. The lowest BCUT2D eigenvalue weighted by molar-refractivity contribution is 0.101. The molecule has 0 saturated carbocycles. The fourth-order valence-electron chi connectivity index (χ4n) is 3.61. The molecule has 0 aliphatic heterocycles. The van der Waals surface area contributed by atoms with Gasteiger partial charge in [0.1, 0.15) is 28.7 Å². The fraction of sp³-hybridized carbons (Fsp3) is 0. The molecule has 0 aliphatic rings. The molecule has 0 fully saturated rings. The second-order valence-electron chi connectivity index (χ2n) is 7.24. The van der Waals surface area contributed by atoms with Crippen molar-refractivity contribution in [1.29, 1.82) is 0 Å². The third-order valence-corrected chi connectivity index (χ3v) is 5.24. The Bertz CT molecular complexity index is 1550. The number of carbonyl (C=O) groups excluding carboxylic acids is 1. The Kier molecular flexibility index (Phi) is 5.46. The largest absolute Gasteiger partial charge is 0.322 e. The van der Waals surface area contributed by atoms with Crippen LogP contribution in [-0.4, -0.2) is 25.5 Å². The first-order valence-corrected chi connectivity index (χ1v) is 10.3. The summed E-state index contributed by atoms with van der Waals surface area (Å²) in [6.45, 7) is 0. The number of carbonyl (C=O) groups is 1. The number of nitrogens with zero attached hydrogens (tertiary/aromatic N) is 4. The highest BCUT2D eigenvalue weighted by Crippen LogP contribution is 2.35. The summed E-state index contributed by atoms with van der Waals surface area (Å²) >= 11 is 5.98. The Morgan fingerprint density at radius 3 is 2.50 bits per heavy atom. The third kappa shape index (κ3) is 3.97. The van der Waals surface area contributed by atoms with Crippen molar-refractivity contribution in [3.05, 3.63) is 101 Å². The predicted octanol–water partition coefficient (Wildman–Crippen LogP) is 5.78. The average molecular weight is 480 g/mol. The van der Waals surface area contributed by atoms with E-state index in [0.29, 0.717) is 28.0 Å². The van der Waals surface area contributed by atoms with Crippen LogP contribution in [0.15, 0.2) is 73.1 Å². The zero-order chi connectivity index (χ0) is 23.8. The number of amides is 1. The van der Waals surface area contributed by atoms with Crippen LogP contribution in [0, 0.1) is 17.5 Å². The van der Waals surface area contributed by atoms with Gasteiger partial charge in [0, 0.05) is 17.4 Å². The molecule has 0 radical (unpaired) electrons. The molecule has 5 aromatic rings. The van der Waals surface area contributed by atoms with Crippen molar-refractivity contribution in [2.24, 2.45) is 0 Å². The minimum Gasteiger partial charge on any atom is -0.322 e. The topological polar surface area (TPSA) is 72.2 Å². The van der Waals surface area contributed by atoms with Gasteiger partial charge in [0.05, 0.1) is 23.0 Å². The number of hydrogen-bond donors (Lipinski definition) is 1. The Balaban J connectivity index is 1.60. The molecule has 10 heteroatoms. The molecule has 3 aromatic heterocycles. The van der Waals surface area contributed by atoms with Crippen LogP contribution in [0.4, 0.5) is 18.9 Å². The van der Waals surface area contributed by atoms with Gasteiger partial charge in [-0.05, 0) is 54.1 Å². The maximum atomic E-state index is 14.0. The van der Waals surface area contributed by atoms with Gasteiger partial charge in [-0.1, -0.05) is 18.2 Å². The lowest BCUT2D eigenvalue weighted by Crippen LogP contribution is -2.15. The summed E-state index contributed by atoms with van der Waals surface area (Å²) in [6.07, 6.45) is 2.71. The van der Waals surface area contributed by atoms with Gasteiger partial charge in [-0.15, -0.1) is 0 Å². The Morgan fingerprint density at radius 2 is 1.74 bits per heavy atom. The minimum atomic E-state index is -0.973. The van der Waals surface area contributed by atoms with Crippen LogP contribution in [0.5, 0.6) is 0 Å². The lowest BCUT2D eigenvalue weighted by atomic mass is 10.0. The van der Waals surface area contributed by atoms with Gasteiger partial charge >= 0.3 is 0 Å². The highest BCUT2D eigenvalue weighted by atomic mass is 35.5. The number of rotatable bonds is 4. The monoisotopic (exact) mass is 479 g/mol. The number of halogens is 4. The van der Waals surface area contributed by atoms with E-state index in [2.05, 4.69) is 20.4 Å². The Hall–Kier alpha value is -4.24. The molecule has 5 rings (SSSR count). The normalized spacial score (nSPS) is 11.1. The second kappa shape index (κ2) is 8.60. The van der Waals surface area contributed by atoms with Crippen LogP contribution in [0.1, 0.15) is 10.4 Å². The summed E-state index contributed by atoms with van der Waals surface area (Å²) < 4.78 is 43.2. The molecule has 0 atom stereocenters. The van der Waals surface area contributed by atoms with Gasteiger partial charge in [-0.25, -0.2) is 27.7 Å². The molecule has 2 aromatic carbocycles. The smallest absolute Gasteiger partial charge is 0.261 e. The van der Waals surface area contributed by atoms with Crippen molar-refractivity contribution in [1.82, 2.24) is 19.6 Å². The summed E-state index contributed by atoms with van der Waals surface area (Å²) in [6, 6.07) is 14.2. The molecule has 34 heavy (non-hydrogen) atoms. The van der Waals surface area contributed by atoms with Crippen molar-refractivity contribution in [2.45, 2.75) is 0 Å². The molecule has 3 heterocycles. The minimum absolute atomic E-state index is 0.0258. The molecule has 168 valence electrons. The molecule has 0 spiro atoms. The number of anilines is 1. The molecule has 0 saturated heterocycles. The van der Waals surface area contributed by atoms with Crippen LogP contribution >= 0.6 is 11.6 Å². The van der Waals surface area contributed by atoms with Gasteiger partial charge in [0.25, 0.3) is 5.91 Å². The van der Waals surface area contributed by atoms with Gasteiger partial charge in [-0.2, -0.15) is 5.10 Å². The van der Waals surface area contributed by atoms with Crippen LogP contribution in [0.25, 0.3) is 28.0 Å². The van der Waals surface area contributed by atoms with E-state index in [1.54, 1.807) is 36.4 Å². The van der Waals surface area contributed by atoms with E-state index in [0.717, 1.165) is 12.1 Å². The summed E-state index contributed by atoms with van der Waals surface area (Å²) in [7, 11) is 0. The van der Waals surface area contributed by atoms with E-state index >= 15 is 0 Å². The van der Waals surface area contributed by atoms with Crippen molar-refractivity contribution in [2.75, 3.05) is 5.32 Å². The number of fused-ring (bicyclic) bond motifs is 1. The van der Waals surface area contributed by atoms with E-state index in [-0.39, 0.29) is 11.0 Å².